The molecule has 1 rings (SSSR count). The fourth-order valence-corrected chi connectivity index (χ4v) is 1.43. The maximum Gasteiger partial charge on any atom is 0.178 e. The molecule has 0 aromatic heterocycles. The Bertz CT molecular complexity index is 233. The number of rotatable bonds is 3. The second-order valence-electron chi connectivity index (χ2n) is 3.99. The summed E-state index contributed by atoms with van der Waals surface area (Å²) >= 11 is 0. The Balaban J connectivity index is 2.68. The van der Waals surface area contributed by atoms with E-state index >= 15 is 0 Å². The first-order valence-electron chi connectivity index (χ1n) is 4.99. The van der Waals surface area contributed by atoms with Gasteiger partial charge in [0, 0.05) is 5.92 Å². The number of hydrogen-bond acceptors (Lipinski definition) is 3. The summed E-state index contributed by atoms with van der Waals surface area (Å²) in [5.41, 5.74) is 1.15. The van der Waals surface area contributed by atoms with Gasteiger partial charge in [0.05, 0.1) is 6.10 Å². The van der Waals surface area contributed by atoms with Gasteiger partial charge in [-0.1, -0.05) is 12.5 Å². The average Bonchev–Trinajstić information content (AvgIpc) is 2.10. The van der Waals surface area contributed by atoms with Gasteiger partial charge in [-0.05, 0) is 26.8 Å². The van der Waals surface area contributed by atoms with Gasteiger partial charge in [0.15, 0.2) is 6.29 Å². The molecule has 0 fully saturated rings. The van der Waals surface area contributed by atoms with Crippen molar-refractivity contribution < 1.29 is 14.3 Å². The van der Waals surface area contributed by atoms with Crippen molar-refractivity contribution in [3.63, 3.8) is 0 Å². The van der Waals surface area contributed by atoms with Gasteiger partial charge in [-0.15, -0.1) is 0 Å². The third kappa shape index (κ3) is 2.66. The molecular weight excluding hydrogens is 180 g/mol. The highest BCUT2D eigenvalue weighted by molar-refractivity contribution is 5.58. The van der Waals surface area contributed by atoms with E-state index in [1.807, 2.05) is 33.8 Å². The molecule has 3 heteroatoms. The summed E-state index contributed by atoms with van der Waals surface area (Å²) < 4.78 is 10.9. The van der Waals surface area contributed by atoms with E-state index in [0.717, 1.165) is 11.9 Å². The molecule has 1 aliphatic heterocycles. The molecule has 14 heavy (non-hydrogen) atoms. The Morgan fingerprint density at radius 1 is 1.57 bits per heavy atom. The van der Waals surface area contributed by atoms with Crippen LogP contribution in [0.2, 0.25) is 0 Å². The highest BCUT2D eigenvalue weighted by atomic mass is 16.7. The molecule has 1 unspecified atom stereocenters. The van der Waals surface area contributed by atoms with Crippen LogP contribution >= 0.6 is 0 Å². The molecule has 0 aromatic carbocycles. The van der Waals surface area contributed by atoms with Crippen molar-refractivity contribution in [3.8, 4) is 0 Å². The lowest BCUT2D eigenvalue weighted by Gasteiger charge is -2.31. The summed E-state index contributed by atoms with van der Waals surface area (Å²) in [6, 6.07) is 0. The van der Waals surface area contributed by atoms with E-state index in [2.05, 4.69) is 0 Å². The van der Waals surface area contributed by atoms with E-state index < -0.39 is 0 Å². The summed E-state index contributed by atoms with van der Waals surface area (Å²) in [5.74, 6) is 0.152. The Labute approximate surface area is 85.1 Å². The predicted molar refractivity (Wildman–Crippen MR) is 53.9 cm³/mol. The zero-order chi connectivity index (χ0) is 10.7. The minimum atomic E-state index is -0.374. The number of ether oxygens (including phenoxy) is 2. The summed E-state index contributed by atoms with van der Waals surface area (Å²) in [5, 5.41) is 0. The normalized spacial score (nSPS) is 32.9. The van der Waals surface area contributed by atoms with E-state index in [9.17, 15) is 4.79 Å². The molecule has 1 heterocycles. The second-order valence-corrected chi connectivity index (χ2v) is 3.99. The van der Waals surface area contributed by atoms with E-state index in [4.69, 9.17) is 9.47 Å². The number of carbonyl (C=O) groups excluding carboxylic acids is 1. The van der Waals surface area contributed by atoms with Gasteiger partial charge in [-0.2, -0.15) is 0 Å². The fourth-order valence-electron chi connectivity index (χ4n) is 1.43. The summed E-state index contributed by atoms with van der Waals surface area (Å²) in [6.07, 6.45) is 2.14. The maximum absolute atomic E-state index is 10.7. The Hall–Kier alpha value is -0.670. The zero-order valence-corrected chi connectivity index (χ0v) is 9.19. The maximum atomic E-state index is 10.7. The lowest BCUT2D eigenvalue weighted by molar-refractivity contribution is -0.176. The van der Waals surface area contributed by atoms with E-state index in [1.165, 1.54) is 0 Å². The highest BCUT2D eigenvalue weighted by Gasteiger charge is 2.28. The Morgan fingerprint density at radius 3 is 2.71 bits per heavy atom. The first-order valence-corrected chi connectivity index (χ1v) is 4.99. The molecule has 0 aromatic rings. The van der Waals surface area contributed by atoms with E-state index in [0.29, 0.717) is 0 Å². The minimum absolute atomic E-state index is 0.102. The number of carbonyl (C=O) groups is 1. The molecule has 0 saturated carbocycles. The molecule has 1 aliphatic rings. The van der Waals surface area contributed by atoms with Crippen LogP contribution in [0.25, 0.3) is 0 Å². The van der Waals surface area contributed by atoms with Crippen LogP contribution in [0.1, 0.15) is 27.7 Å². The lowest BCUT2D eigenvalue weighted by Crippen LogP contribution is -2.35. The number of hydrogen-bond donors (Lipinski definition) is 0. The molecule has 3 nitrogen and oxygen atoms in total. The molecule has 0 aliphatic carbocycles. The Morgan fingerprint density at radius 2 is 2.21 bits per heavy atom. The van der Waals surface area contributed by atoms with Crippen molar-refractivity contribution >= 4 is 6.29 Å². The van der Waals surface area contributed by atoms with Crippen LogP contribution in [0, 0.1) is 5.92 Å². The Kier molecular flexibility index (Phi) is 3.84. The monoisotopic (exact) mass is 198 g/mol. The minimum Gasteiger partial charge on any atom is -0.346 e. The zero-order valence-electron chi connectivity index (χ0n) is 9.19. The second kappa shape index (κ2) is 4.71. The highest BCUT2D eigenvalue weighted by Crippen LogP contribution is 2.24. The molecule has 0 saturated heterocycles. The van der Waals surface area contributed by atoms with Crippen molar-refractivity contribution in [3.05, 3.63) is 11.6 Å². The molecule has 3 atom stereocenters. The first-order chi connectivity index (χ1) is 6.54. The average molecular weight is 198 g/mol. The van der Waals surface area contributed by atoms with Gasteiger partial charge in [0.1, 0.15) is 12.4 Å². The molecule has 0 bridgehead atoms. The lowest BCUT2D eigenvalue weighted by atomic mass is 9.94. The van der Waals surface area contributed by atoms with Crippen LogP contribution in [0.4, 0.5) is 0 Å². The van der Waals surface area contributed by atoms with Crippen LogP contribution in [-0.2, 0) is 14.3 Å². The third-order valence-corrected chi connectivity index (χ3v) is 2.44. The largest absolute Gasteiger partial charge is 0.346 e. The summed E-state index contributed by atoms with van der Waals surface area (Å²) in [4.78, 5) is 10.7. The quantitative estimate of drug-likeness (QED) is 0.513. The standard InChI is InChI=1S/C11H18O3/c1-7(2)13-11-5-8(3)9(4)10(6-12)14-11/h5-7,9-11H,1-4H3/t9-,10-,11?/m0/s1. The van der Waals surface area contributed by atoms with Crippen LogP contribution in [-0.4, -0.2) is 24.8 Å². The van der Waals surface area contributed by atoms with Crippen molar-refractivity contribution in [2.45, 2.75) is 46.2 Å². The molecule has 0 N–H and O–H groups in total. The first kappa shape index (κ1) is 11.4. The van der Waals surface area contributed by atoms with Crippen LogP contribution < -0.4 is 0 Å². The third-order valence-electron chi connectivity index (χ3n) is 2.44. The van der Waals surface area contributed by atoms with Crippen molar-refractivity contribution in [2.24, 2.45) is 5.92 Å². The molecule has 0 amide bonds. The summed E-state index contributed by atoms with van der Waals surface area (Å²) in [6.45, 7) is 7.87. The van der Waals surface area contributed by atoms with Crippen molar-refractivity contribution in [1.29, 1.82) is 0 Å². The van der Waals surface area contributed by atoms with Gasteiger partial charge < -0.3 is 14.3 Å². The predicted octanol–water partition coefficient (Wildman–Crippen LogP) is 1.92. The van der Waals surface area contributed by atoms with E-state index in [-0.39, 0.29) is 24.4 Å². The molecular formula is C11H18O3. The van der Waals surface area contributed by atoms with Crippen LogP contribution in [0.3, 0.4) is 0 Å². The van der Waals surface area contributed by atoms with Crippen LogP contribution in [0.15, 0.2) is 11.6 Å². The van der Waals surface area contributed by atoms with E-state index in [1.54, 1.807) is 0 Å². The van der Waals surface area contributed by atoms with Crippen molar-refractivity contribution in [2.75, 3.05) is 0 Å². The fraction of sp³-hybridized carbons (Fsp3) is 0.727. The molecule has 0 spiro atoms. The van der Waals surface area contributed by atoms with Gasteiger partial charge in [0.2, 0.25) is 0 Å². The smallest absolute Gasteiger partial charge is 0.178 e. The van der Waals surface area contributed by atoms with Gasteiger partial charge in [-0.25, -0.2) is 0 Å². The van der Waals surface area contributed by atoms with Crippen molar-refractivity contribution in [1.82, 2.24) is 0 Å². The van der Waals surface area contributed by atoms with Crippen LogP contribution in [0.5, 0.6) is 0 Å². The van der Waals surface area contributed by atoms with Gasteiger partial charge in [0.25, 0.3) is 0 Å². The van der Waals surface area contributed by atoms with Gasteiger partial charge >= 0.3 is 0 Å². The summed E-state index contributed by atoms with van der Waals surface area (Å²) in [7, 11) is 0. The molecule has 0 radical (unpaired) electrons. The molecule has 80 valence electrons. The topological polar surface area (TPSA) is 35.5 Å². The SMILES string of the molecule is CC1=CC(OC(C)C)O[C@@H](C=O)[C@H]1C. The van der Waals surface area contributed by atoms with Gasteiger partial charge in [-0.3, -0.25) is 0 Å². The number of aldehydes is 1.